The first-order valence-electron chi connectivity index (χ1n) is 10.2. The lowest BCUT2D eigenvalue weighted by Gasteiger charge is -2.32. The number of carbonyl (C=O) groups excluding carboxylic acids is 1. The fourth-order valence-corrected chi connectivity index (χ4v) is 6.73. The fraction of sp³-hybridized carbons (Fsp3) is 0.476. The van der Waals surface area contributed by atoms with Crippen molar-refractivity contribution in [3.63, 3.8) is 0 Å². The molecule has 2 saturated heterocycles. The SMILES string of the molecule is Cl.O=C(Nc1ccccc1N1CCCCC1)C1CCN(S(=O)(=O)c2cccs2)CC1. The van der Waals surface area contributed by atoms with Crippen LogP contribution in [0.3, 0.4) is 0 Å². The molecule has 164 valence electrons. The molecular formula is C21H28ClN3O3S2. The Kier molecular flexibility index (Phi) is 7.79. The maximum atomic E-state index is 12.9. The number of sulfonamides is 1. The summed E-state index contributed by atoms with van der Waals surface area (Å²) in [5.41, 5.74) is 1.94. The Labute approximate surface area is 188 Å². The van der Waals surface area contributed by atoms with Crippen LogP contribution in [0.15, 0.2) is 46.0 Å². The molecule has 2 aliphatic heterocycles. The minimum atomic E-state index is -3.43. The van der Waals surface area contributed by atoms with Crippen LogP contribution in [0.25, 0.3) is 0 Å². The zero-order valence-corrected chi connectivity index (χ0v) is 19.3. The average molecular weight is 470 g/mol. The van der Waals surface area contributed by atoms with E-state index in [0.717, 1.165) is 24.5 Å². The molecule has 2 fully saturated rings. The average Bonchev–Trinajstić information content (AvgIpc) is 3.31. The summed E-state index contributed by atoms with van der Waals surface area (Å²) >= 11 is 1.23. The summed E-state index contributed by atoms with van der Waals surface area (Å²) in [5.74, 6) is -0.179. The molecule has 0 radical (unpaired) electrons. The number of carbonyl (C=O) groups is 1. The van der Waals surface area contributed by atoms with Gasteiger partial charge in [0.2, 0.25) is 5.91 Å². The number of nitrogens with zero attached hydrogens (tertiary/aromatic N) is 2. The van der Waals surface area contributed by atoms with Gasteiger partial charge in [0.25, 0.3) is 10.0 Å². The number of piperidine rings is 2. The van der Waals surface area contributed by atoms with E-state index in [0.29, 0.717) is 30.1 Å². The van der Waals surface area contributed by atoms with Gasteiger partial charge in [0.1, 0.15) is 4.21 Å². The molecule has 0 saturated carbocycles. The normalized spacial score (nSPS) is 18.6. The van der Waals surface area contributed by atoms with Gasteiger partial charge in [-0.05, 0) is 55.7 Å². The second-order valence-corrected chi connectivity index (χ2v) is 10.8. The Morgan fingerprint density at radius 1 is 0.967 bits per heavy atom. The van der Waals surface area contributed by atoms with Crippen LogP contribution in [-0.2, 0) is 14.8 Å². The Balaban J connectivity index is 0.00000256. The largest absolute Gasteiger partial charge is 0.370 e. The number of para-hydroxylation sites is 2. The predicted molar refractivity (Wildman–Crippen MR) is 124 cm³/mol. The first-order chi connectivity index (χ1) is 14.1. The predicted octanol–water partition coefficient (Wildman–Crippen LogP) is 4.20. The molecule has 6 nitrogen and oxygen atoms in total. The molecule has 0 aliphatic carbocycles. The lowest BCUT2D eigenvalue weighted by molar-refractivity contribution is -0.120. The summed E-state index contributed by atoms with van der Waals surface area (Å²) < 4.78 is 27.2. The van der Waals surface area contributed by atoms with E-state index in [9.17, 15) is 13.2 Å². The van der Waals surface area contributed by atoms with Crippen molar-refractivity contribution >= 4 is 51.0 Å². The molecule has 30 heavy (non-hydrogen) atoms. The Morgan fingerprint density at radius 3 is 2.33 bits per heavy atom. The van der Waals surface area contributed by atoms with Crippen molar-refractivity contribution in [3.8, 4) is 0 Å². The molecule has 1 N–H and O–H groups in total. The number of halogens is 1. The zero-order chi connectivity index (χ0) is 20.3. The van der Waals surface area contributed by atoms with E-state index in [2.05, 4.69) is 16.3 Å². The standard InChI is InChI=1S/C21H27N3O3S2.ClH/c25-21(22-18-7-2-3-8-19(18)23-12-4-1-5-13-23)17-10-14-24(15-11-17)29(26,27)20-9-6-16-28-20;/h2-3,6-9,16-17H,1,4-5,10-15H2,(H,22,25);1H. The Morgan fingerprint density at radius 2 is 1.67 bits per heavy atom. The van der Waals surface area contributed by atoms with Gasteiger partial charge < -0.3 is 10.2 Å². The van der Waals surface area contributed by atoms with Crippen LogP contribution in [0.2, 0.25) is 0 Å². The summed E-state index contributed by atoms with van der Waals surface area (Å²) in [4.78, 5) is 15.2. The third-order valence-corrected chi connectivity index (χ3v) is 9.04. The van der Waals surface area contributed by atoms with Crippen LogP contribution < -0.4 is 10.2 Å². The number of thiophene rings is 1. The number of nitrogens with one attached hydrogen (secondary N) is 1. The Hall–Kier alpha value is -1.61. The van der Waals surface area contributed by atoms with Crippen LogP contribution in [0.5, 0.6) is 0 Å². The maximum Gasteiger partial charge on any atom is 0.252 e. The van der Waals surface area contributed by atoms with Gasteiger partial charge in [-0.2, -0.15) is 4.31 Å². The third kappa shape index (κ3) is 4.99. The number of amides is 1. The van der Waals surface area contributed by atoms with Gasteiger partial charge in [0.05, 0.1) is 11.4 Å². The molecule has 0 spiro atoms. The fourth-order valence-electron chi connectivity index (χ4n) is 4.12. The van der Waals surface area contributed by atoms with Gasteiger partial charge in [0.15, 0.2) is 0 Å². The molecule has 2 aromatic rings. The van der Waals surface area contributed by atoms with Crippen molar-refractivity contribution in [1.29, 1.82) is 0 Å². The van der Waals surface area contributed by atoms with Crippen molar-refractivity contribution in [1.82, 2.24) is 4.31 Å². The van der Waals surface area contributed by atoms with Gasteiger partial charge in [0, 0.05) is 32.1 Å². The van der Waals surface area contributed by atoms with Crippen molar-refractivity contribution in [2.45, 2.75) is 36.3 Å². The lowest BCUT2D eigenvalue weighted by atomic mass is 9.97. The van der Waals surface area contributed by atoms with E-state index in [1.165, 1.54) is 34.9 Å². The number of anilines is 2. The van der Waals surface area contributed by atoms with Crippen molar-refractivity contribution in [2.24, 2.45) is 5.92 Å². The minimum absolute atomic E-state index is 0. The maximum absolute atomic E-state index is 12.9. The van der Waals surface area contributed by atoms with E-state index in [-0.39, 0.29) is 24.2 Å². The van der Waals surface area contributed by atoms with Crippen LogP contribution >= 0.6 is 23.7 Å². The second kappa shape index (κ2) is 10.1. The number of hydrogen-bond acceptors (Lipinski definition) is 5. The topological polar surface area (TPSA) is 69.7 Å². The van der Waals surface area contributed by atoms with Gasteiger partial charge in [-0.25, -0.2) is 8.42 Å². The molecule has 0 atom stereocenters. The van der Waals surface area contributed by atoms with Crippen molar-refractivity contribution in [3.05, 3.63) is 41.8 Å². The van der Waals surface area contributed by atoms with Crippen LogP contribution in [0, 0.1) is 5.92 Å². The molecule has 9 heteroatoms. The van der Waals surface area contributed by atoms with Gasteiger partial charge in [-0.1, -0.05) is 18.2 Å². The summed E-state index contributed by atoms with van der Waals surface area (Å²) in [5, 5.41) is 4.88. The summed E-state index contributed by atoms with van der Waals surface area (Å²) in [6, 6.07) is 11.4. The van der Waals surface area contributed by atoms with Gasteiger partial charge >= 0.3 is 0 Å². The second-order valence-electron chi connectivity index (χ2n) is 7.66. The quantitative estimate of drug-likeness (QED) is 0.712. The first-order valence-corrected chi connectivity index (χ1v) is 12.6. The van der Waals surface area contributed by atoms with Crippen molar-refractivity contribution < 1.29 is 13.2 Å². The van der Waals surface area contributed by atoms with Crippen molar-refractivity contribution in [2.75, 3.05) is 36.4 Å². The van der Waals surface area contributed by atoms with Crippen LogP contribution in [0.4, 0.5) is 11.4 Å². The third-order valence-electron chi connectivity index (χ3n) is 5.77. The first kappa shape index (κ1) is 23.1. The van der Waals surface area contributed by atoms with E-state index in [1.54, 1.807) is 17.5 Å². The van der Waals surface area contributed by atoms with E-state index in [1.807, 2.05) is 18.2 Å². The zero-order valence-electron chi connectivity index (χ0n) is 16.8. The molecule has 4 rings (SSSR count). The molecule has 3 heterocycles. The highest BCUT2D eigenvalue weighted by molar-refractivity contribution is 7.91. The smallest absolute Gasteiger partial charge is 0.252 e. The lowest BCUT2D eigenvalue weighted by Crippen LogP contribution is -2.41. The monoisotopic (exact) mass is 469 g/mol. The molecule has 1 aromatic carbocycles. The van der Waals surface area contributed by atoms with Crippen LogP contribution in [-0.4, -0.2) is 44.8 Å². The van der Waals surface area contributed by atoms with E-state index >= 15 is 0 Å². The summed E-state index contributed by atoms with van der Waals surface area (Å²) in [6.45, 7) is 2.80. The van der Waals surface area contributed by atoms with Crippen LogP contribution in [0.1, 0.15) is 32.1 Å². The molecule has 1 aromatic heterocycles. The van der Waals surface area contributed by atoms with Gasteiger partial charge in [-0.3, -0.25) is 4.79 Å². The number of rotatable bonds is 5. The minimum Gasteiger partial charge on any atom is -0.370 e. The highest BCUT2D eigenvalue weighted by atomic mass is 35.5. The summed E-state index contributed by atoms with van der Waals surface area (Å²) in [7, 11) is -3.43. The number of hydrogen-bond donors (Lipinski definition) is 1. The molecule has 2 aliphatic rings. The molecule has 0 unspecified atom stereocenters. The Bertz CT molecular complexity index is 936. The van der Waals surface area contributed by atoms with E-state index < -0.39 is 10.0 Å². The van der Waals surface area contributed by atoms with E-state index in [4.69, 9.17) is 0 Å². The van der Waals surface area contributed by atoms with Gasteiger partial charge in [-0.15, -0.1) is 23.7 Å². The highest BCUT2D eigenvalue weighted by Crippen LogP contribution is 2.30. The number of benzene rings is 1. The highest BCUT2D eigenvalue weighted by Gasteiger charge is 2.32. The molecular weight excluding hydrogens is 442 g/mol. The molecule has 1 amide bonds. The summed E-state index contributed by atoms with van der Waals surface area (Å²) in [6.07, 6.45) is 4.71. The molecule has 0 bridgehead atoms.